The highest BCUT2D eigenvalue weighted by atomic mass is 16.2. The van der Waals surface area contributed by atoms with Crippen LogP contribution >= 0.6 is 0 Å². The summed E-state index contributed by atoms with van der Waals surface area (Å²) in [5, 5.41) is 4.70. The summed E-state index contributed by atoms with van der Waals surface area (Å²) in [4.78, 5) is 20.6. The lowest BCUT2D eigenvalue weighted by Crippen LogP contribution is -2.48. The van der Waals surface area contributed by atoms with Gasteiger partial charge in [-0.15, -0.1) is 0 Å². The van der Waals surface area contributed by atoms with E-state index in [0.29, 0.717) is 24.0 Å². The molecule has 1 amide bonds. The van der Waals surface area contributed by atoms with E-state index < -0.39 is 0 Å². The molecule has 1 N–H and O–H groups in total. The second-order valence-corrected chi connectivity index (χ2v) is 9.03. The SMILES string of the molecule is Cc1cc(C)c2nc(C3CC3)cc(C(=O)N(C)C3CC4CCC(C3)N4)c2c1. The lowest BCUT2D eigenvalue weighted by molar-refractivity contribution is 0.0683. The molecule has 2 aliphatic heterocycles. The molecule has 1 aromatic heterocycles. The first-order chi connectivity index (χ1) is 13.0. The molecule has 3 aliphatic rings. The van der Waals surface area contributed by atoms with Crippen molar-refractivity contribution in [1.82, 2.24) is 15.2 Å². The quantitative estimate of drug-likeness (QED) is 0.893. The number of carbonyl (C=O) groups excluding carboxylic acids is 1. The molecule has 4 heteroatoms. The van der Waals surface area contributed by atoms with Crippen LogP contribution in [-0.2, 0) is 0 Å². The van der Waals surface area contributed by atoms with E-state index in [9.17, 15) is 4.79 Å². The number of amides is 1. The predicted molar refractivity (Wildman–Crippen MR) is 108 cm³/mol. The molecule has 2 aromatic rings. The second kappa shape index (κ2) is 6.30. The molecular formula is C23H29N3O. The summed E-state index contributed by atoms with van der Waals surface area (Å²) >= 11 is 0. The highest BCUT2D eigenvalue weighted by Crippen LogP contribution is 2.41. The van der Waals surface area contributed by atoms with Gasteiger partial charge >= 0.3 is 0 Å². The zero-order chi connectivity index (χ0) is 18.7. The van der Waals surface area contributed by atoms with Crippen LogP contribution in [0.15, 0.2) is 18.2 Å². The maximum absolute atomic E-state index is 13.6. The van der Waals surface area contributed by atoms with Crippen molar-refractivity contribution in [3.8, 4) is 0 Å². The van der Waals surface area contributed by atoms with Gasteiger partial charge in [-0.2, -0.15) is 0 Å². The van der Waals surface area contributed by atoms with Crippen LogP contribution in [0.5, 0.6) is 0 Å². The third kappa shape index (κ3) is 3.04. The monoisotopic (exact) mass is 363 g/mol. The van der Waals surface area contributed by atoms with Gasteiger partial charge in [0.2, 0.25) is 0 Å². The van der Waals surface area contributed by atoms with Crippen LogP contribution < -0.4 is 5.32 Å². The van der Waals surface area contributed by atoms with Crippen LogP contribution in [0.4, 0.5) is 0 Å². The summed E-state index contributed by atoms with van der Waals surface area (Å²) in [6.07, 6.45) is 7.07. The van der Waals surface area contributed by atoms with Crippen molar-refractivity contribution in [3.63, 3.8) is 0 Å². The first-order valence-electron chi connectivity index (χ1n) is 10.4. The van der Waals surface area contributed by atoms with E-state index in [0.717, 1.165) is 35.0 Å². The minimum Gasteiger partial charge on any atom is -0.339 e. The lowest BCUT2D eigenvalue weighted by atomic mass is 9.96. The topological polar surface area (TPSA) is 45.2 Å². The van der Waals surface area contributed by atoms with E-state index in [1.807, 2.05) is 11.9 Å². The Morgan fingerprint density at radius 1 is 1.07 bits per heavy atom. The Balaban J connectivity index is 1.55. The Labute approximate surface area is 161 Å². The van der Waals surface area contributed by atoms with E-state index in [1.54, 1.807) is 0 Å². The molecule has 2 bridgehead atoms. The number of rotatable bonds is 3. The number of fused-ring (bicyclic) bond motifs is 3. The second-order valence-electron chi connectivity index (χ2n) is 9.03. The molecule has 3 fully saturated rings. The zero-order valence-electron chi connectivity index (χ0n) is 16.6. The van der Waals surface area contributed by atoms with Crippen LogP contribution in [-0.4, -0.2) is 41.0 Å². The average Bonchev–Trinajstić information content (AvgIpc) is 3.44. The fourth-order valence-corrected chi connectivity index (χ4v) is 5.17. The van der Waals surface area contributed by atoms with Crippen molar-refractivity contribution in [2.75, 3.05) is 7.05 Å². The molecule has 0 spiro atoms. The number of benzene rings is 1. The Kier molecular flexibility index (Phi) is 4.01. The molecule has 5 rings (SSSR count). The number of pyridine rings is 1. The Hall–Kier alpha value is -1.94. The standard InChI is InChI=1S/C23H29N3O/c1-13-8-14(2)22-19(9-13)20(12-21(25-22)15-4-5-15)23(27)26(3)18-10-16-6-7-17(11-18)24-16/h8-9,12,15-18,24H,4-7,10-11H2,1-3H3. The molecule has 2 saturated heterocycles. The zero-order valence-corrected chi connectivity index (χ0v) is 16.6. The Morgan fingerprint density at radius 3 is 2.44 bits per heavy atom. The first kappa shape index (κ1) is 17.2. The molecule has 1 aliphatic carbocycles. The highest BCUT2D eigenvalue weighted by Gasteiger charge is 2.37. The van der Waals surface area contributed by atoms with E-state index in [4.69, 9.17) is 4.98 Å². The van der Waals surface area contributed by atoms with Crippen molar-refractivity contribution in [2.24, 2.45) is 0 Å². The van der Waals surface area contributed by atoms with Crippen LogP contribution in [0.1, 0.15) is 71.6 Å². The molecule has 142 valence electrons. The van der Waals surface area contributed by atoms with Crippen LogP contribution in [0, 0.1) is 13.8 Å². The number of hydrogen-bond acceptors (Lipinski definition) is 3. The normalized spacial score (nSPS) is 27.1. The largest absolute Gasteiger partial charge is 0.339 e. The number of aromatic nitrogens is 1. The summed E-state index contributed by atoms with van der Waals surface area (Å²) in [5.74, 6) is 0.710. The minimum atomic E-state index is 0.167. The van der Waals surface area contributed by atoms with Gasteiger partial charge in [-0.3, -0.25) is 9.78 Å². The van der Waals surface area contributed by atoms with Gasteiger partial charge in [0.1, 0.15) is 0 Å². The van der Waals surface area contributed by atoms with Crippen molar-refractivity contribution in [1.29, 1.82) is 0 Å². The number of nitrogens with one attached hydrogen (secondary N) is 1. The van der Waals surface area contributed by atoms with Crippen molar-refractivity contribution in [3.05, 3.63) is 40.6 Å². The van der Waals surface area contributed by atoms with Gasteiger partial charge in [0.15, 0.2) is 0 Å². The third-order valence-corrected chi connectivity index (χ3v) is 6.81. The first-order valence-corrected chi connectivity index (χ1v) is 10.4. The van der Waals surface area contributed by atoms with Crippen LogP contribution in [0.3, 0.4) is 0 Å². The third-order valence-electron chi connectivity index (χ3n) is 6.81. The fraction of sp³-hybridized carbons (Fsp3) is 0.565. The predicted octanol–water partition coefficient (Wildman–Crippen LogP) is 4.08. The van der Waals surface area contributed by atoms with Crippen LogP contribution in [0.25, 0.3) is 10.9 Å². The molecule has 1 aromatic carbocycles. The number of nitrogens with zero attached hydrogens (tertiary/aromatic N) is 2. The Morgan fingerprint density at radius 2 is 1.78 bits per heavy atom. The summed E-state index contributed by atoms with van der Waals surface area (Å²) in [6, 6.07) is 7.92. The molecule has 4 nitrogen and oxygen atoms in total. The lowest BCUT2D eigenvalue weighted by Gasteiger charge is -2.35. The van der Waals surface area contributed by atoms with Gasteiger partial charge in [0.05, 0.1) is 11.1 Å². The summed E-state index contributed by atoms with van der Waals surface area (Å²) < 4.78 is 0. The van der Waals surface area contributed by atoms with Gasteiger partial charge < -0.3 is 10.2 Å². The maximum atomic E-state index is 13.6. The maximum Gasteiger partial charge on any atom is 0.254 e. The molecule has 3 heterocycles. The average molecular weight is 364 g/mol. The van der Waals surface area contributed by atoms with Crippen molar-refractivity contribution >= 4 is 16.8 Å². The van der Waals surface area contributed by atoms with E-state index in [-0.39, 0.29) is 5.91 Å². The molecular weight excluding hydrogens is 334 g/mol. The molecule has 1 saturated carbocycles. The van der Waals surface area contributed by atoms with Gasteiger partial charge in [-0.25, -0.2) is 0 Å². The van der Waals surface area contributed by atoms with Gasteiger partial charge in [-0.1, -0.05) is 11.6 Å². The highest BCUT2D eigenvalue weighted by molar-refractivity contribution is 6.07. The van der Waals surface area contributed by atoms with Gasteiger partial charge in [-0.05, 0) is 70.1 Å². The molecule has 2 unspecified atom stereocenters. The molecule has 0 radical (unpaired) electrons. The fourth-order valence-electron chi connectivity index (χ4n) is 5.17. The molecule has 27 heavy (non-hydrogen) atoms. The summed E-state index contributed by atoms with van der Waals surface area (Å²) in [5.41, 5.74) is 5.33. The number of hydrogen-bond donors (Lipinski definition) is 1. The van der Waals surface area contributed by atoms with Crippen molar-refractivity contribution in [2.45, 2.75) is 76.4 Å². The number of carbonyl (C=O) groups is 1. The van der Waals surface area contributed by atoms with Crippen LogP contribution in [0.2, 0.25) is 0 Å². The number of aryl methyl sites for hydroxylation is 2. The van der Waals surface area contributed by atoms with E-state index >= 15 is 0 Å². The van der Waals surface area contributed by atoms with E-state index in [2.05, 4.69) is 37.4 Å². The van der Waals surface area contributed by atoms with Crippen molar-refractivity contribution < 1.29 is 4.79 Å². The summed E-state index contributed by atoms with van der Waals surface area (Å²) in [7, 11) is 2.00. The Bertz CT molecular complexity index is 905. The van der Waals surface area contributed by atoms with Gasteiger partial charge in [0, 0.05) is 42.2 Å². The summed E-state index contributed by atoms with van der Waals surface area (Å²) in [6.45, 7) is 4.21. The smallest absolute Gasteiger partial charge is 0.254 e. The molecule has 2 atom stereocenters. The minimum absolute atomic E-state index is 0.167. The van der Waals surface area contributed by atoms with E-state index in [1.165, 1.54) is 36.8 Å². The van der Waals surface area contributed by atoms with Gasteiger partial charge in [0.25, 0.3) is 5.91 Å². The number of piperidine rings is 1.